The first kappa shape index (κ1) is 22.7. The maximum absolute atomic E-state index is 5.16. The standard InChI is InChI=1S/C30H32N6/c1-21-10-12-23(13-11-21)20-36-28-9-5-4-8-27(28)31-30(36)26-7-3-2-6-24(26)17-14-22-15-18-25(19-16-22)29-32-34-35-33-29/h2-9,15-16,18-19,21,23H,10-14,17,20H2,1H3,(H,32,33,34,35). The van der Waals surface area contributed by atoms with Gasteiger partial charge in [-0.25, -0.2) is 10.1 Å². The van der Waals surface area contributed by atoms with E-state index >= 15 is 0 Å². The van der Waals surface area contributed by atoms with Crippen molar-refractivity contribution in [2.75, 3.05) is 0 Å². The molecule has 6 nitrogen and oxygen atoms in total. The summed E-state index contributed by atoms with van der Waals surface area (Å²) in [6.07, 6.45) is 7.24. The Kier molecular flexibility index (Phi) is 6.33. The summed E-state index contributed by atoms with van der Waals surface area (Å²) in [5, 5.41) is 14.2. The number of aryl methyl sites for hydroxylation is 2. The van der Waals surface area contributed by atoms with Gasteiger partial charge in [-0.3, -0.25) is 0 Å². The van der Waals surface area contributed by atoms with Gasteiger partial charge in [0.25, 0.3) is 0 Å². The first-order valence-corrected chi connectivity index (χ1v) is 13.1. The third kappa shape index (κ3) is 4.68. The van der Waals surface area contributed by atoms with E-state index in [0.29, 0.717) is 5.82 Å². The lowest BCUT2D eigenvalue weighted by Gasteiger charge is -2.27. The fourth-order valence-corrected chi connectivity index (χ4v) is 5.58. The van der Waals surface area contributed by atoms with Gasteiger partial charge < -0.3 is 4.57 Å². The molecule has 6 heteroatoms. The molecule has 3 aromatic carbocycles. The Morgan fingerprint density at radius 2 is 1.64 bits per heavy atom. The zero-order valence-corrected chi connectivity index (χ0v) is 20.8. The number of rotatable bonds is 7. The minimum atomic E-state index is 0.693. The number of H-pyrrole nitrogens is 1. The number of tetrazole rings is 1. The molecule has 2 aromatic heterocycles. The summed E-state index contributed by atoms with van der Waals surface area (Å²) >= 11 is 0. The van der Waals surface area contributed by atoms with E-state index in [1.54, 1.807) is 0 Å². The molecule has 0 spiro atoms. The molecular weight excluding hydrogens is 444 g/mol. The lowest BCUT2D eigenvalue weighted by Crippen LogP contribution is -2.18. The van der Waals surface area contributed by atoms with Crippen LogP contribution < -0.4 is 0 Å². The van der Waals surface area contributed by atoms with Crippen LogP contribution in [0.15, 0.2) is 72.8 Å². The van der Waals surface area contributed by atoms with Crippen LogP contribution in [0.25, 0.3) is 33.8 Å². The van der Waals surface area contributed by atoms with Crippen molar-refractivity contribution in [3.63, 3.8) is 0 Å². The molecule has 0 bridgehead atoms. The summed E-state index contributed by atoms with van der Waals surface area (Å²) in [5.41, 5.74) is 7.22. The van der Waals surface area contributed by atoms with Crippen molar-refractivity contribution < 1.29 is 0 Å². The van der Waals surface area contributed by atoms with Crippen LogP contribution >= 0.6 is 0 Å². The molecule has 182 valence electrons. The topological polar surface area (TPSA) is 72.3 Å². The lowest BCUT2D eigenvalue weighted by molar-refractivity contribution is 0.267. The van der Waals surface area contributed by atoms with Gasteiger partial charge in [0.1, 0.15) is 5.82 Å². The number of nitrogens with zero attached hydrogens (tertiary/aromatic N) is 5. The van der Waals surface area contributed by atoms with Crippen LogP contribution in [-0.2, 0) is 19.4 Å². The number of nitrogens with one attached hydrogen (secondary N) is 1. The Morgan fingerprint density at radius 3 is 2.44 bits per heavy atom. The normalized spacial score (nSPS) is 18.0. The smallest absolute Gasteiger partial charge is 0.179 e. The molecule has 1 aliphatic rings. The van der Waals surface area contributed by atoms with Gasteiger partial charge in [-0.15, -0.1) is 5.10 Å². The Morgan fingerprint density at radius 1 is 0.861 bits per heavy atom. The van der Waals surface area contributed by atoms with Gasteiger partial charge in [-0.2, -0.15) is 0 Å². The number of benzene rings is 3. The van der Waals surface area contributed by atoms with Crippen LogP contribution in [0, 0.1) is 11.8 Å². The highest BCUT2D eigenvalue weighted by molar-refractivity contribution is 5.81. The van der Waals surface area contributed by atoms with Crippen molar-refractivity contribution >= 4 is 11.0 Å². The first-order chi connectivity index (χ1) is 17.7. The largest absolute Gasteiger partial charge is 0.324 e. The molecule has 0 amide bonds. The van der Waals surface area contributed by atoms with Crippen LogP contribution in [0.1, 0.15) is 43.7 Å². The lowest BCUT2D eigenvalue weighted by atomic mass is 9.83. The minimum absolute atomic E-state index is 0.693. The third-order valence-electron chi connectivity index (χ3n) is 7.74. The highest BCUT2D eigenvalue weighted by Crippen LogP contribution is 2.34. The van der Waals surface area contributed by atoms with Gasteiger partial charge in [-0.1, -0.05) is 80.4 Å². The van der Waals surface area contributed by atoms with E-state index in [1.165, 1.54) is 47.9 Å². The van der Waals surface area contributed by atoms with Crippen molar-refractivity contribution in [1.82, 2.24) is 30.2 Å². The Bertz CT molecular complexity index is 1430. The van der Waals surface area contributed by atoms with Gasteiger partial charge in [0.05, 0.1) is 11.0 Å². The zero-order valence-electron chi connectivity index (χ0n) is 20.8. The SMILES string of the molecule is CC1CCC(Cn2c(-c3ccccc3CCc3ccc(-c4nnn[nH]4)cc3)nc3ccccc32)CC1. The van der Waals surface area contributed by atoms with Crippen LogP contribution in [0.3, 0.4) is 0 Å². The number of aromatic amines is 1. The van der Waals surface area contributed by atoms with E-state index < -0.39 is 0 Å². The van der Waals surface area contributed by atoms with E-state index in [9.17, 15) is 0 Å². The predicted octanol–water partition coefficient (Wildman–Crippen LogP) is 6.49. The van der Waals surface area contributed by atoms with Crippen molar-refractivity contribution in [2.24, 2.45) is 11.8 Å². The number of imidazole rings is 1. The van der Waals surface area contributed by atoms with Gasteiger partial charge >= 0.3 is 0 Å². The summed E-state index contributed by atoms with van der Waals surface area (Å²) in [7, 11) is 0. The van der Waals surface area contributed by atoms with Gasteiger partial charge in [0, 0.05) is 17.7 Å². The molecule has 1 saturated carbocycles. The van der Waals surface area contributed by atoms with Gasteiger partial charge in [0.2, 0.25) is 0 Å². The quantitative estimate of drug-likeness (QED) is 0.291. The molecule has 0 saturated heterocycles. The summed E-state index contributed by atoms with van der Waals surface area (Å²) in [6, 6.07) is 25.9. The average Bonchev–Trinajstić information content (AvgIpc) is 3.58. The van der Waals surface area contributed by atoms with Crippen LogP contribution in [0.2, 0.25) is 0 Å². The zero-order chi connectivity index (χ0) is 24.3. The van der Waals surface area contributed by atoms with Gasteiger partial charge in [0.15, 0.2) is 5.82 Å². The molecule has 0 atom stereocenters. The molecule has 36 heavy (non-hydrogen) atoms. The number of hydrogen-bond donors (Lipinski definition) is 1. The van der Waals surface area contributed by atoms with E-state index in [2.05, 4.69) is 105 Å². The van der Waals surface area contributed by atoms with Crippen molar-refractivity contribution in [3.8, 4) is 22.8 Å². The third-order valence-corrected chi connectivity index (χ3v) is 7.74. The Balaban J connectivity index is 1.28. The highest BCUT2D eigenvalue weighted by atomic mass is 15.5. The van der Waals surface area contributed by atoms with Crippen molar-refractivity contribution in [1.29, 1.82) is 0 Å². The van der Waals surface area contributed by atoms with E-state index in [-0.39, 0.29) is 0 Å². The second-order valence-electron chi connectivity index (χ2n) is 10.3. The molecule has 0 unspecified atom stereocenters. The number of aromatic nitrogens is 6. The van der Waals surface area contributed by atoms with Crippen LogP contribution in [0.4, 0.5) is 0 Å². The second kappa shape index (κ2) is 10.1. The van der Waals surface area contributed by atoms with Crippen molar-refractivity contribution in [2.45, 2.75) is 52.0 Å². The maximum atomic E-state index is 5.16. The second-order valence-corrected chi connectivity index (χ2v) is 10.3. The van der Waals surface area contributed by atoms with Crippen molar-refractivity contribution in [3.05, 3.63) is 83.9 Å². The van der Waals surface area contributed by atoms with E-state index in [4.69, 9.17) is 4.98 Å². The average molecular weight is 477 g/mol. The minimum Gasteiger partial charge on any atom is -0.324 e. The maximum Gasteiger partial charge on any atom is 0.179 e. The van der Waals surface area contributed by atoms with Crippen LogP contribution in [-0.4, -0.2) is 30.2 Å². The summed E-state index contributed by atoms with van der Waals surface area (Å²) in [4.78, 5) is 5.16. The Labute approximate surface area is 211 Å². The molecule has 6 rings (SSSR count). The molecule has 1 fully saturated rings. The number of para-hydroxylation sites is 2. The van der Waals surface area contributed by atoms with E-state index in [0.717, 1.165) is 48.1 Å². The monoisotopic (exact) mass is 476 g/mol. The van der Waals surface area contributed by atoms with Crippen LogP contribution in [0.5, 0.6) is 0 Å². The summed E-state index contributed by atoms with van der Waals surface area (Å²) in [6.45, 7) is 3.44. The molecule has 1 aliphatic carbocycles. The van der Waals surface area contributed by atoms with E-state index in [1.807, 2.05) is 0 Å². The van der Waals surface area contributed by atoms with Gasteiger partial charge in [-0.05, 0) is 71.2 Å². The molecule has 2 heterocycles. The fourth-order valence-electron chi connectivity index (χ4n) is 5.58. The number of fused-ring (bicyclic) bond motifs is 1. The predicted molar refractivity (Wildman–Crippen MR) is 143 cm³/mol. The summed E-state index contributed by atoms with van der Waals surface area (Å²) < 4.78 is 2.50. The number of hydrogen-bond acceptors (Lipinski definition) is 4. The highest BCUT2D eigenvalue weighted by Gasteiger charge is 2.22. The fraction of sp³-hybridized carbons (Fsp3) is 0.333. The Hall–Kier alpha value is -3.80. The molecule has 0 radical (unpaired) electrons. The molecule has 1 N–H and O–H groups in total. The molecule has 5 aromatic rings. The molecule has 0 aliphatic heterocycles. The molecular formula is C30H32N6. The summed E-state index contributed by atoms with van der Waals surface area (Å²) in [5.74, 6) is 3.39. The first-order valence-electron chi connectivity index (χ1n) is 13.1.